The van der Waals surface area contributed by atoms with E-state index in [2.05, 4.69) is 15.3 Å². The number of carbonyl (C=O) groups excluding carboxylic acids is 1. The molecule has 3 N–H and O–H groups in total. The maximum absolute atomic E-state index is 12.5. The van der Waals surface area contributed by atoms with Crippen LogP contribution in [0.5, 0.6) is 5.75 Å². The highest BCUT2D eigenvalue weighted by Gasteiger charge is 2.45. The molecule has 0 aliphatic carbocycles. The molecule has 2 aromatic rings. The number of hydrogen-bond donors (Lipinski definition) is 2. The molecule has 1 aliphatic heterocycles. The summed E-state index contributed by atoms with van der Waals surface area (Å²) in [6.45, 7) is 0. The van der Waals surface area contributed by atoms with Crippen LogP contribution in [0.3, 0.4) is 0 Å². The number of benzene rings is 2. The number of nitrogens with one attached hydrogen (secondary N) is 1. The Hall–Kier alpha value is -1.81. The van der Waals surface area contributed by atoms with Crippen molar-refractivity contribution < 1.29 is 22.7 Å². The number of hydrogen-bond acceptors (Lipinski definition) is 4. The molecule has 3 rings (SSSR count). The summed E-state index contributed by atoms with van der Waals surface area (Å²) in [6.07, 6.45) is -3.40. The van der Waals surface area contributed by atoms with E-state index in [1.807, 2.05) is 0 Å². The molecular weight excluding hydrogens is 486 g/mol. The standard InChI is InChI=1S/C18H13Cl3F3N3O2S/c19-11-5-13-15(14(20)6-11)30-8-10(7-26-27-16(25)28)17(13,21)9-1-3-12(4-2-9)29-18(22,23)24/h1-7,10H,8H2,(H3,25,27,28). The topological polar surface area (TPSA) is 76.7 Å². The predicted molar refractivity (Wildman–Crippen MR) is 112 cm³/mol. The Labute approximate surface area is 188 Å². The number of nitrogens with zero attached hydrogens (tertiary/aromatic N) is 1. The first kappa shape index (κ1) is 22.9. The van der Waals surface area contributed by atoms with Crippen molar-refractivity contribution in [2.24, 2.45) is 16.8 Å². The molecule has 2 unspecified atom stereocenters. The van der Waals surface area contributed by atoms with Gasteiger partial charge in [0.25, 0.3) is 0 Å². The van der Waals surface area contributed by atoms with E-state index in [9.17, 15) is 18.0 Å². The molecule has 0 fully saturated rings. The fraction of sp³-hybridized carbons (Fsp3) is 0.222. The lowest BCUT2D eigenvalue weighted by atomic mass is 9.80. The van der Waals surface area contributed by atoms with Gasteiger partial charge in [0.1, 0.15) is 10.6 Å². The molecule has 1 heterocycles. The fourth-order valence-corrected chi connectivity index (χ4v) is 5.54. The Morgan fingerprint density at radius 2 is 1.97 bits per heavy atom. The first-order chi connectivity index (χ1) is 14.0. The van der Waals surface area contributed by atoms with Crippen molar-refractivity contribution in [1.29, 1.82) is 0 Å². The van der Waals surface area contributed by atoms with E-state index in [0.29, 0.717) is 31.8 Å². The molecular formula is C18H13Cl3F3N3O2S. The largest absolute Gasteiger partial charge is 0.573 e. The van der Waals surface area contributed by atoms with Crippen LogP contribution in [0.15, 0.2) is 46.4 Å². The fourth-order valence-electron chi connectivity index (χ4n) is 3.07. The van der Waals surface area contributed by atoms with Crippen molar-refractivity contribution in [3.63, 3.8) is 0 Å². The van der Waals surface area contributed by atoms with Gasteiger partial charge in [0.05, 0.1) is 5.02 Å². The maximum atomic E-state index is 12.5. The molecule has 0 spiro atoms. The summed E-state index contributed by atoms with van der Waals surface area (Å²) < 4.78 is 41.4. The number of ether oxygens (including phenoxy) is 1. The average molecular weight is 499 g/mol. The summed E-state index contributed by atoms with van der Waals surface area (Å²) in [5.74, 6) is -0.461. The summed E-state index contributed by atoms with van der Waals surface area (Å²) in [6, 6.07) is 7.54. The first-order valence-electron chi connectivity index (χ1n) is 8.27. The van der Waals surface area contributed by atoms with Gasteiger partial charge in [-0.2, -0.15) is 5.10 Å². The number of urea groups is 1. The molecule has 2 amide bonds. The van der Waals surface area contributed by atoms with Crippen molar-refractivity contribution in [1.82, 2.24) is 5.43 Å². The first-order valence-corrected chi connectivity index (χ1v) is 10.4. The SMILES string of the molecule is NC(=O)NN=CC1CSc2c(Cl)cc(Cl)cc2C1(Cl)c1ccc(OC(F)(F)F)cc1. The predicted octanol–water partition coefficient (Wildman–Crippen LogP) is 5.75. The molecule has 0 aromatic heterocycles. The Balaban J connectivity index is 2.09. The Morgan fingerprint density at radius 1 is 1.30 bits per heavy atom. The molecule has 2 atom stereocenters. The minimum Gasteiger partial charge on any atom is -0.406 e. The van der Waals surface area contributed by atoms with E-state index in [0.717, 1.165) is 12.1 Å². The zero-order chi connectivity index (χ0) is 22.1. The van der Waals surface area contributed by atoms with E-state index >= 15 is 0 Å². The van der Waals surface area contributed by atoms with E-state index in [-0.39, 0.29) is 5.75 Å². The second kappa shape index (κ2) is 8.74. The van der Waals surface area contributed by atoms with Gasteiger partial charge in [0.2, 0.25) is 0 Å². The van der Waals surface area contributed by atoms with Gasteiger partial charge >= 0.3 is 12.4 Å². The molecule has 0 saturated carbocycles. The molecule has 2 aromatic carbocycles. The lowest BCUT2D eigenvalue weighted by Crippen LogP contribution is -2.38. The highest BCUT2D eigenvalue weighted by Crippen LogP contribution is 2.54. The molecule has 5 nitrogen and oxygen atoms in total. The number of thioether (sulfide) groups is 1. The number of alkyl halides is 4. The van der Waals surface area contributed by atoms with Crippen molar-refractivity contribution in [2.75, 3.05) is 5.75 Å². The van der Waals surface area contributed by atoms with Crippen molar-refractivity contribution in [2.45, 2.75) is 16.1 Å². The van der Waals surface area contributed by atoms with Crippen LogP contribution < -0.4 is 15.9 Å². The van der Waals surface area contributed by atoms with E-state index in [4.69, 9.17) is 40.5 Å². The Bertz CT molecular complexity index is 989. The smallest absolute Gasteiger partial charge is 0.406 e. The van der Waals surface area contributed by atoms with Crippen LogP contribution in [0, 0.1) is 5.92 Å². The zero-order valence-electron chi connectivity index (χ0n) is 14.8. The highest BCUT2D eigenvalue weighted by atomic mass is 35.5. The lowest BCUT2D eigenvalue weighted by molar-refractivity contribution is -0.274. The van der Waals surface area contributed by atoms with Crippen molar-refractivity contribution >= 4 is 58.8 Å². The van der Waals surface area contributed by atoms with Crippen LogP contribution in [0.4, 0.5) is 18.0 Å². The second-order valence-electron chi connectivity index (χ2n) is 6.22. The normalized spacial score (nSPS) is 21.3. The number of amides is 2. The van der Waals surface area contributed by atoms with Gasteiger partial charge in [-0.05, 0) is 35.4 Å². The number of rotatable bonds is 4. The van der Waals surface area contributed by atoms with Gasteiger partial charge < -0.3 is 10.5 Å². The highest BCUT2D eigenvalue weighted by molar-refractivity contribution is 7.99. The van der Waals surface area contributed by atoms with Crippen LogP contribution >= 0.6 is 46.6 Å². The number of fused-ring (bicyclic) bond motifs is 1. The molecule has 0 saturated heterocycles. The third kappa shape index (κ3) is 4.91. The van der Waals surface area contributed by atoms with Crippen LogP contribution in [0.1, 0.15) is 11.1 Å². The Morgan fingerprint density at radius 3 is 2.57 bits per heavy atom. The summed E-state index contributed by atoms with van der Waals surface area (Å²) in [5, 5.41) is 4.55. The number of hydrazone groups is 1. The minimum absolute atomic E-state index is 0.342. The van der Waals surface area contributed by atoms with Crippen LogP contribution in [-0.4, -0.2) is 24.4 Å². The van der Waals surface area contributed by atoms with Gasteiger partial charge in [-0.1, -0.05) is 35.3 Å². The summed E-state index contributed by atoms with van der Waals surface area (Å²) in [7, 11) is 0. The molecule has 0 bridgehead atoms. The minimum atomic E-state index is -4.81. The third-order valence-electron chi connectivity index (χ3n) is 4.26. The molecule has 0 radical (unpaired) electrons. The number of carbonyl (C=O) groups is 1. The molecule has 1 aliphatic rings. The maximum Gasteiger partial charge on any atom is 0.573 e. The van der Waals surface area contributed by atoms with Crippen LogP contribution in [-0.2, 0) is 4.87 Å². The number of halogens is 6. The van der Waals surface area contributed by atoms with Gasteiger partial charge in [0.15, 0.2) is 0 Å². The van der Waals surface area contributed by atoms with Crippen LogP contribution in [0.25, 0.3) is 0 Å². The summed E-state index contributed by atoms with van der Waals surface area (Å²) in [5.41, 5.74) is 8.17. The van der Waals surface area contributed by atoms with Crippen molar-refractivity contribution in [3.8, 4) is 5.75 Å². The van der Waals surface area contributed by atoms with Gasteiger partial charge in [-0.3, -0.25) is 0 Å². The summed E-state index contributed by atoms with van der Waals surface area (Å²) >= 11 is 21.0. The number of nitrogens with two attached hydrogens (primary N) is 1. The van der Waals surface area contributed by atoms with Crippen molar-refractivity contribution in [3.05, 3.63) is 57.6 Å². The van der Waals surface area contributed by atoms with Crippen LogP contribution in [0.2, 0.25) is 10.0 Å². The summed E-state index contributed by atoms with van der Waals surface area (Å²) in [4.78, 5) is 10.3. The number of primary amides is 1. The zero-order valence-corrected chi connectivity index (χ0v) is 17.9. The second-order valence-corrected chi connectivity index (χ2v) is 8.69. The lowest BCUT2D eigenvalue weighted by Gasteiger charge is -2.39. The Kier molecular flexibility index (Phi) is 6.66. The van der Waals surface area contributed by atoms with Gasteiger partial charge in [-0.25, -0.2) is 10.2 Å². The molecule has 30 heavy (non-hydrogen) atoms. The quantitative estimate of drug-likeness (QED) is 0.320. The molecule has 12 heteroatoms. The monoisotopic (exact) mass is 497 g/mol. The van der Waals surface area contributed by atoms with Gasteiger partial charge in [0, 0.05) is 27.8 Å². The average Bonchev–Trinajstić information content (AvgIpc) is 2.63. The van der Waals surface area contributed by atoms with E-state index in [1.165, 1.54) is 30.1 Å². The van der Waals surface area contributed by atoms with Gasteiger partial charge in [-0.15, -0.1) is 36.5 Å². The molecule has 160 valence electrons. The van der Waals surface area contributed by atoms with E-state index in [1.54, 1.807) is 12.1 Å². The van der Waals surface area contributed by atoms with E-state index < -0.39 is 23.2 Å². The third-order valence-corrected chi connectivity index (χ3v) is 6.84.